The van der Waals surface area contributed by atoms with E-state index in [9.17, 15) is 13.8 Å². The van der Waals surface area contributed by atoms with E-state index >= 15 is 0 Å². The van der Waals surface area contributed by atoms with Gasteiger partial charge >= 0.3 is 0 Å². The maximum atomic E-state index is 14.8. The Kier molecular flexibility index (Phi) is 11.7. The Labute approximate surface area is 315 Å². The molecule has 1 fully saturated rings. The Balaban J connectivity index is 1.33. The van der Waals surface area contributed by atoms with Gasteiger partial charge in [-0.05, 0) is 72.3 Å². The lowest BCUT2D eigenvalue weighted by atomic mass is 9.81. The number of halogens is 2. The van der Waals surface area contributed by atoms with E-state index in [-0.39, 0.29) is 35.4 Å². The molecular weight excluding hydrogens is 697 g/mol. The van der Waals surface area contributed by atoms with Gasteiger partial charge in [-0.25, -0.2) is 0 Å². The van der Waals surface area contributed by atoms with Gasteiger partial charge in [-0.2, -0.15) is 0 Å². The predicted molar refractivity (Wildman–Crippen MR) is 208 cm³/mol. The molecule has 2 amide bonds. The first kappa shape index (κ1) is 37.3. The third-order valence-electron chi connectivity index (χ3n) is 11.2. The number of benzene rings is 4. The van der Waals surface area contributed by atoms with E-state index < -0.39 is 16.3 Å². The van der Waals surface area contributed by atoms with E-state index in [4.69, 9.17) is 23.2 Å². The molecule has 6 rings (SSSR count). The SMILES string of the molecule is CCC(=O)N(C)CC(CCN1CCC2(CC1)c1ccccc1C[S@@]2=O)(c1ccc(Cl)c(Cl)c1)N(C)C(=O)CC(c1ccccc1)c1ccccc1. The van der Waals surface area contributed by atoms with Crippen LogP contribution < -0.4 is 0 Å². The molecule has 0 aromatic heterocycles. The Morgan fingerprint density at radius 1 is 0.843 bits per heavy atom. The van der Waals surface area contributed by atoms with Crippen LogP contribution in [0.5, 0.6) is 0 Å². The molecule has 2 atom stereocenters. The summed E-state index contributed by atoms with van der Waals surface area (Å²) in [5.74, 6) is 0.423. The molecule has 0 radical (unpaired) electrons. The van der Waals surface area contributed by atoms with Crippen LogP contribution in [0.2, 0.25) is 10.0 Å². The molecule has 0 bridgehead atoms. The maximum absolute atomic E-state index is 14.8. The predicted octanol–water partition coefficient (Wildman–Crippen LogP) is 8.38. The summed E-state index contributed by atoms with van der Waals surface area (Å²) in [6.45, 7) is 4.41. The van der Waals surface area contributed by atoms with Crippen molar-refractivity contribution < 1.29 is 13.8 Å². The van der Waals surface area contributed by atoms with Crippen molar-refractivity contribution in [2.24, 2.45) is 0 Å². The zero-order chi connectivity index (χ0) is 36.2. The van der Waals surface area contributed by atoms with E-state index in [0.29, 0.717) is 35.2 Å². The van der Waals surface area contributed by atoms with E-state index in [1.54, 1.807) is 11.0 Å². The van der Waals surface area contributed by atoms with Crippen molar-refractivity contribution in [3.63, 3.8) is 0 Å². The molecule has 9 heteroatoms. The zero-order valence-electron chi connectivity index (χ0n) is 29.7. The smallest absolute Gasteiger partial charge is 0.224 e. The number of amides is 2. The molecule has 4 aromatic rings. The number of nitrogens with zero attached hydrogens (tertiary/aromatic N) is 3. The fourth-order valence-electron chi connectivity index (χ4n) is 8.14. The van der Waals surface area contributed by atoms with Crippen molar-refractivity contribution in [3.05, 3.63) is 141 Å². The molecule has 51 heavy (non-hydrogen) atoms. The molecule has 1 unspecified atom stereocenters. The van der Waals surface area contributed by atoms with Gasteiger partial charge in [-0.15, -0.1) is 0 Å². The molecule has 2 aliphatic rings. The molecule has 268 valence electrons. The topological polar surface area (TPSA) is 60.9 Å². The van der Waals surface area contributed by atoms with Crippen LogP contribution >= 0.6 is 23.2 Å². The Hall–Kier alpha value is -3.49. The molecule has 0 saturated carbocycles. The van der Waals surface area contributed by atoms with E-state index in [1.807, 2.05) is 80.5 Å². The van der Waals surface area contributed by atoms with Gasteiger partial charge in [-0.3, -0.25) is 13.8 Å². The van der Waals surface area contributed by atoms with Gasteiger partial charge in [0.2, 0.25) is 11.8 Å². The lowest BCUT2D eigenvalue weighted by Crippen LogP contribution is -2.56. The van der Waals surface area contributed by atoms with Crippen LogP contribution in [0, 0.1) is 0 Å². The Bertz CT molecular complexity index is 1830. The number of carbonyl (C=O) groups is 2. The van der Waals surface area contributed by atoms with Crippen LogP contribution in [0.1, 0.15) is 72.8 Å². The number of carbonyl (C=O) groups excluding carboxylic acids is 2. The van der Waals surface area contributed by atoms with Crippen molar-refractivity contribution in [1.29, 1.82) is 0 Å². The van der Waals surface area contributed by atoms with Crippen LogP contribution in [0.25, 0.3) is 0 Å². The largest absolute Gasteiger partial charge is 0.343 e. The number of hydrogen-bond donors (Lipinski definition) is 0. The second-order valence-electron chi connectivity index (χ2n) is 14.0. The summed E-state index contributed by atoms with van der Waals surface area (Å²) in [6, 6.07) is 34.2. The highest BCUT2D eigenvalue weighted by Gasteiger charge is 2.48. The normalized spacial score (nSPS) is 18.0. The second kappa shape index (κ2) is 16.0. The van der Waals surface area contributed by atoms with E-state index in [0.717, 1.165) is 42.6 Å². The number of hydrogen-bond acceptors (Lipinski definition) is 4. The molecule has 2 aliphatic heterocycles. The molecule has 1 spiro atoms. The molecular formula is C42H47Cl2N3O3S. The summed E-state index contributed by atoms with van der Waals surface area (Å²) >= 11 is 13.1. The Morgan fingerprint density at radius 3 is 2.06 bits per heavy atom. The van der Waals surface area contributed by atoms with Crippen LogP contribution in [-0.4, -0.2) is 71.0 Å². The number of rotatable bonds is 12. The van der Waals surface area contributed by atoms with Gasteiger partial charge in [0.25, 0.3) is 0 Å². The Morgan fingerprint density at radius 2 is 1.45 bits per heavy atom. The van der Waals surface area contributed by atoms with E-state index in [2.05, 4.69) is 47.4 Å². The standard InChI is InChI=1S/C42H47Cl2N3O3S/c1-4-39(48)45(2)30-41(34-19-20-37(43)38(44)27-34,21-24-47-25-22-42(23-26-47)36-18-12-11-17-33(36)29-51(42)50)46(3)40(49)28-35(31-13-7-5-8-14-31)32-15-9-6-10-16-32/h5-20,27,35H,4,21-26,28-30H2,1-3H3/t41?,51-/m0/s1. The summed E-state index contributed by atoms with van der Waals surface area (Å²) in [7, 11) is 2.73. The average Bonchev–Trinajstić information content (AvgIpc) is 3.43. The summed E-state index contributed by atoms with van der Waals surface area (Å²) in [4.78, 5) is 34.0. The molecule has 1 saturated heterocycles. The minimum atomic E-state index is -0.951. The first-order valence-electron chi connectivity index (χ1n) is 17.8. The molecule has 4 aromatic carbocycles. The summed E-state index contributed by atoms with van der Waals surface area (Å²) < 4.78 is 13.2. The van der Waals surface area contributed by atoms with Crippen LogP contribution in [0.4, 0.5) is 0 Å². The average molecular weight is 745 g/mol. The zero-order valence-corrected chi connectivity index (χ0v) is 32.0. The second-order valence-corrected chi connectivity index (χ2v) is 16.6. The third-order valence-corrected chi connectivity index (χ3v) is 14.0. The fraction of sp³-hybridized carbons (Fsp3) is 0.381. The van der Waals surface area contributed by atoms with Crippen LogP contribution in [0.3, 0.4) is 0 Å². The first-order valence-corrected chi connectivity index (χ1v) is 19.9. The summed E-state index contributed by atoms with van der Waals surface area (Å²) in [6.07, 6.45) is 2.78. The van der Waals surface area contributed by atoms with Gasteiger partial charge < -0.3 is 14.7 Å². The van der Waals surface area contributed by atoms with E-state index in [1.165, 1.54) is 11.1 Å². The first-order chi connectivity index (χ1) is 24.6. The highest BCUT2D eigenvalue weighted by molar-refractivity contribution is 7.85. The molecule has 0 aliphatic carbocycles. The number of likely N-dealkylation sites (tertiary alicyclic amines) is 1. The third kappa shape index (κ3) is 7.68. The number of piperidine rings is 1. The number of likely N-dealkylation sites (N-methyl/N-ethyl adjacent to an activating group) is 2. The van der Waals surface area contributed by atoms with Crippen LogP contribution in [-0.2, 0) is 36.4 Å². The number of fused-ring (bicyclic) bond motifs is 2. The van der Waals surface area contributed by atoms with Crippen molar-refractivity contribution >= 4 is 45.8 Å². The summed E-state index contributed by atoms with van der Waals surface area (Å²) in [5, 5.41) is 0.832. The highest BCUT2D eigenvalue weighted by Crippen LogP contribution is 2.47. The van der Waals surface area contributed by atoms with Crippen molar-refractivity contribution in [2.45, 2.75) is 61.0 Å². The quantitative estimate of drug-likeness (QED) is 0.146. The summed E-state index contributed by atoms with van der Waals surface area (Å²) in [5.41, 5.74) is 4.49. The molecule has 0 N–H and O–H groups in total. The monoisotopic (exact) mass is 743 g/mol. The van der Waals surface area contributed by atoms with Crippen LogP contribution in [0.15, 0.2) is 103 Å². The van der Waals surface area contributed by atoms with Crippen molar-refractivity contribution in [3.8, 4) is 0 Å². The minimum absolute atomic E-state index is 0.00553. The van der Waals surface area contributed by atoms with Gasteiger partial charge in [0, 0.05) is 62.5 Å². The van der Waals surface area contributed by atoms with Gasteiger partial charge in [-0.1, -0.05) is 121 Å². The molecule has 6 nitrogen and oxygen atoms in total. The highest BCUT2D eigenvalue weighted by atomic mass is 35.5. The van der Waals surface area contributed by atoms with Crippen molar-refractivity contribution in [2.75, 3.05) is 40.3 Å². The lowest BCUT2D eigenvalue weighted by molar-refractivity contribution is -0.141. The lowest BCUT2D eigenvalue weighted by Gasteiger charge is -2.47. The minimum Gasteiger partial charge on any atom is -0.343 e. The maximum Gasteiger partial charge on any atom is 0.224 e. The molecule has 2 heterocycles. The van der Waals surface area contributed by atoms with Gasteiger partial charge in [0.05, 0.1) is 20.3 Å². The van der Waals surface area contributed by atoms with Gasteiger partial charge in [0.1, 0.15) is 0 Å². The van der Waals surface area contributed by atoms with Crippen molar-refractivity contribution in [1.82, 2.24) is 14.7 Å². The van der Waals surface area contributed by atoms with Gasteiger partial charge in [0.15, 0.2) is 0 Å². The fourth-order valence-corrected chi connectivity index (χ4v) is 10.3.